The predicted octanol–water partition coefficient (Wildman–Crippen LogP) is 4.25. The van der Waals surface area contributed by atoms with Crippen LogP contribution in [0.5, 0.6) is 0 Å². The minimum Gasteiger partial charge on any atom is -0.324 e. The monoisotopic (exact) mass is 374 g/mol. The molecule has 0 spiro atoms. The van der Waals surface area contributed by atoms with Gasteiger partial charge in [0, 0.05) is 16.3 Å². The van der Waals surface area contributed by atoms with E-state index in [0.29, 0.717) is 10.8 Å². The zero-order valence-corrected chi connectivity index (χ0v) is 15.6. The summed E-state index contributed by atoms with van der Waals surface area (Å²) >= 11 is 7.79. The fourth-order valence-electron chi connectivity index (χ4n) is 2.78. The van der Waals surface area contributed by atoms with E-state index in [0.717, 1.165) is 16.8 Å². The van der Waals surface area contributed by atoms with Crippen LogP contribution in [0.15, 0.2) is 48.5 Å². The Balaban J connectivity index is 1.79. The second kappa shape index (κ2) is 7.50. The first-order chi connectivity index (χ1) is 12.0. The zero-order chi connectivity index (χ0) is 18.0. The molecule has 0 saturated carbocycles. The van der Waals surface area contributed by atoms with Crippen molar-refractivity contribution in [3.63, 3.8) is 0 Å². The van der Waals surface area contributed by atoms with Crippen LogP contribution < -0.4 is 5.32 Å². The molecule has 3 rings (SSSR count). The maximum atomic E-state index is 12.6. The highest BCUT2D eigenvalue weighted by atomic mass is 35.5. The molecule has 0 radical (unpaired) electrons. The number of anilines is 1. The topological polar surface area (TPSA) is 49.4 Å². The summed E-state index contributed by atoms with van der Waals surface area (Å²) in [6.45, 7) is 3.74. The van der Waals surface area contributed by atoms with Gasteiger partial charge >= 0.3 is 0 Å². The first-order valence-corrected chi connectivity index (χ1v) is 9.45. The first kappa shape index (κ1) is 17.8. The van der Waals surface area contributed by atoms with Crippen molar-refractivity contribution in [2.45, 2.75) is 25.3 Å². The summed E-state index contributed by atoms with van der Waals surface area (Å²) in [5, 5.41) is 3.23. The highest BCUT2D eigenvalue weighted by Gasteiger charge is 2.39. The second-order valence-electron chi connectivity index (χ2n) is 6.02. The van der Waals surface area contributed by atoms with Crippen LogP contribution in [0.1, 0.15) is 23.4 Å². The molecule has 1 saturated heterocycles. The van der Waals surface area contributed by atoms with Gasteiger partial charge < -0.3 is 10.2 Å². The molecule has 4 nitrogen and oxygen atoms in total. The van der Waals surface area contributed by atoms with Crippen LogP contribution in [-0.2, 0) is 9.59 Å². The van der Waals surface area contributed by atoms with Crippen molar-refractivity contribution in [1.29, 1.82) is 0 Å². The molecule has 6 heteroatoms. The lowest BCUT2D eigenvalue weighted by Crippen LogP contribution is -2.44. The van der Waals surface area contributed by atoms with Gasteiger partial charge in [-0.3, -0.25) is 9.59 Å². The van der Waals surface area contributed by atoms with Crippen LogP contribution in [0.4, 0.5) is 5.69 Å². The van der Waals surface area contributed by atoms with Gasteiger partial charge in [0.2, 0.25) is 11.8 Å². The fourth-order valence-corrected chi connectivity index (χ4v) is 4.38. The summed E-state index contributed by atoms with van der Waals surface area (Å²) in [6, 6.07) is 14.4. The molecule has 2 amide bonds. The van der Waals surface area contributed by atoms with Crippen LogP contribution >= 0.6 is 23.4 Å². The summed E-state index contributed by atoms with van der Waals surface area (Å²) in [5.74, 6) is 0.0798. The van der Waals surface area contributed by atoms with Crippen molar-refractivity contribution < 1.29 is 9.59 Å². The Bertz CT molecular complexity index is 794. The molecular formula is C19H19ClN2O2S. The maximum absolute atomic E-state index is 12.6. The minimum absolute atomic E-state index is 0.0542. The second-order valence-corrected chi connectivity index (χ2v) is 7.49. The number of carbonyl (C=O) groups excluding carboxylic acids is 2. The van der Waals surface area contributed by atoms with E-state index in [9.17, 15) is 9.59 Å². The Hall–Kier alpha value is -1.98. The third-order valence-corrected chi connectivity index (χ3v) is 5.75. The summed E-state index contributed by atoms with van der Waals surface area (Å²) in [7, 11) is 0. The fraction of sp³-hybridized carbons (Fsp3) is 0.263. The zero-order valence-electron chi connectivity index (χ0n) is 14.0. The molecule has 0 aliphatic carbocycles. The van der Waals surface area contributed by atoms with E-state index in [1.807, 2.05) is 49.4 Å². The quantitative estimate of drug-likeness (QED) is 0.870. The molecule has 25 heavy (non-hydrogen) atoms. The van der Waals surface area contributed by atoms with Crippen molar-refractivity contribution in [2.24, 2.45) is 0 Å². The lowest BCUT2D eigenvalue weighted by molar-refractivity contribution is -0.135. The van der Waals surface area contributed by atoms with E-state index in [-0.39, 0.29) is 17.2 Å². The largest absolute Gasteiger partial charge is 0.324 e. The molecule has 1 heterocycles. The Labute approximate surface area is 156 Å². The normalized spacial score (nSPS) is 18.3. The average molecular weight is 375 g/mol. The molecule has 0 bridgehead atoms. The molecule has 2 aromatic carbocycles. The van der Waals surface area contributed by atoms with Crippen LogP contribution in [0.2, 0.25) is 5.02 Å². The number of thioether (sulfide) groups is 1. The third-order valence-electron chi connectivity index (χ3n) is 4.19. The molecule has 2 atom stereocenters. The smallest absolute Gasteiger partial charge is 0.246 e. The van der Waals surface area contributed by atoms with Crippen molar-refractivity contribution in [3.8, 4) is 0 Å². The van der Waals surface area contributed by atoms with Gasteiger partial charge in [0.15, 0.2) is 0 Å². The number of nitrogens with zero attached hydrogens (tertiary/aromatic N) is 1. The summed E-state index contributed by atoms with van der Waals surface area (Å²) in [4.78, 5) is 26.7. The van der Waals surface area contributed by atoms with E-state index in [1.165, 1.54) is 11.8 Å². The molecule has 1 aliphatic rings. The van der Waals surface area contributed by atoms with Gasteiger partial charge in [-0.1, -0.05) is 47.5 Å². The van der Waals surface area contributed by atoms with Gasteiger partial charge in [0.05, 0.1) is 5.75 Å². The maximum Gasteiger partial charge on any atom is 0.246 e. The first-order valence-electron chi connectivity index (χ1n) is 8.02. The van der Waals surface area contributed by atoms with Crippen molar-refractivity contribution in [1.82, 2.24) is 4.90 Å². The molecule has 2 aromatic rings. The molecular weight excluding hydrogens is 356 g/mol. The lowest BCUT2D eigenvalue weighted by atomic mass is 10.1. The standard InChI is InChI=1S/C19H19ClN2O2S/c1-12-7-9-14(10-8-12)21-18(24)13(2)22-17(23)11-25-19(22)15-5-3-4-6-16(15)20/h3-10,13,19H,11H2,1-2H3,(H,21,24). The highest BCUT2D eigenvalue weighted by Crippen LogP contribution is 2.42. The number of carbonyl (C=O) groups is 2. The number of aryl methyl sites for hydroxylation is 1. The number of amides is 2. The van der Waals surface area contributed by atoms with Gasteiger partial charge in [-0.25, -0.2) is 0 Å². The van der Waals surface area contributed by atoms with E-state index in [4.69, 9.17) is 11.6 Å². The van der Waals surface area contributed by atoms with Gasteiger partial charge in [-0.2, -0.15) is 0 Å². The van der Waals surface area contributed by atoms with Crippen LogP contribution in [-0.4, -0.2) is 28.5 Å². The van der Waals surface area contributed by atoms with Crippen LogP contribution in [0, 0.1) is 6.92 Å². The summed E-state index contributed by atoms with van der Waals surface area (Å²) in [5.41, 5.74) is 2.70. The van der Waals surface area contributed by atoms with Gasteiger partial charge in [-0.15, -0.1) is 11.8 Å². The number of hydrogen-bond acceptors (Lipinski definition) is 3. The van der Waals surface area contributed by atoms with Crippen LogP contribution in [0.3, 0.4) is 0 Å². The lowest BCUT2D eigenvalue weighted by Gasteiger charge is -2.30. The summed E-state index contributed by atoms with van der Waals surface area (Å²) in [6.07, 6.45) is 0. The van der Waals surface area contributed by atoms with E-state index in [1.54, 1.807) is 17.9 Å². The molecule has 1 fully saturated rings. The number of rotatable bonds is 4. The van der Waals surface area contributed by atoms with Crippen molar-refractivity contribution >= 4 is 40.9 Å². The highest BCUT2D eigenvalue weighted by molar-refractivity contribution is 8.00. The SMILES string of the molecule is Cc1ccc(NC(=O)C(C)N2C(=O)CSC2c2ccccc2Cl)cc1. The van der Waals surface area contributed by atoms with Gasteiger partial charge in [-0.05, 0) is 32.0 Å². The van der Waals surface area contributed by atoms with Gasteiger partial charge in [0.25, 0.3) is 0 Å². The minimum atomic E-state index is -0.593. The van der Waals surface area contributed by atoms with E-state index >= 15 is 0 Å². The summed E-state index contributed by atoms with van der Waals surface area (Å²) < 4.78 is 0. The molecule has 130 valence electrons. The molecule has 2 unspecified atom stereocenters. The van der Waals surface area contributed by atoms with E-state index < -0.39 is 6.04 Å². The Kier molecular flexibility index (Phi) is 5.35. The van der Waals surface area contributed by atoms with Crippen molar-refractivity contribution in [2.75, 3.05) is 11.1 Å². The molecule has 0 aromatic heterocycles. The third kappa shape index (κ3) is 3.83. The van der Waals surface area contributed by atoms with E-state index in [2.05, 4.69) is 5.32 Å². The predicted molar refractivity (Wildman–Crippen MR) is 103 cm³/mol. The Morgan fingerprint density at radius 1 is 1.24 bits per heavy atom. The molecule has 1 N–H and O–H groups in total. The van der Waals surface area contributed by atoms with Crippen molar-refractivity contribution in [3.05, 3.63) is 64.7 Å². The Morgan fingerprint density at radius 3 is 2.60 bits per heavy atom. The van der Waals surface area contributed by atoms with Crippen LogP contribution in [0.25, 0.3) is 0 Å². The molecule has 1 aliphatic heterocycles. The number of halogens is 1. The Morgan fingerprint density at radius 2 is 1.92 bits per heavy atom. The number of benzene rings is 2. The number of nitrogens with one attached hydrogen (secondary N) is 1. The van der Waals surface area contributed by atoms with Gasteiger partial charge in [0.1, 0.15) is 11.4 Å². The average Bonchev–Trinajstić information content (AvgIpc) is 2.98. The number of hydrogen-bond donors (Lipinski definition) is 1.